The zero-order chi connectivity index (χ0) is 17.2. The minimum atomic E-state index is 0.142. The van der Waals surface area contributed by atoms with Gasteiger partial charge in [0.2, 0.25) is 5.95 Å². The Bertz CT molecular complexity index is 761. The maximum atomic E-state index is 6.03. The smallest absolute Gasteiger partial charge is 0.222 e. The summed E-state index contributed by atoms with van der Waals surface area (Å²) in [6.45, 7) is 3.48. The first kappa shape index (κ1) is 16.0. The van der Waals surface area contributed by atoms with Crippen LogP contribution in [-0.4, -0.2) is 49.4 Å². The number of nitrogens with one attached hydrogen (secondary N) is 1. The molecule has 3 heterocycles. The largest absolute Gasteiger partial charge is 0.497 e. The summed E-state index contributed by atoms with van der Waals surface area (Å²) in [5.74, 6) is 2.95. The molecule has 0 radical (unpaired) electrons. The van der Waals surface area contributed by atoms with Gasteiger partial charge >= 0.3 is 0 Å². The topological polar surface area (TPSA) is 85.5 Å². The number of nitrogens with zero attached hydrogens (tertiary/aromatic N) is 3. The Balaban J connectivity index is 1.46. The fourth-order valence-electron chi connectivity index (χ4n) is 3.36. The molecule has 2 aliphatic rings. The average molecular weight is 341 g/mol. The molecule has 0 unspecified atom stereocenters. The average Bonchev–Trinajstić information content (AvgIpc) is 2.82. The second-order valence-corrected chi connectivity index (χ2v) is 6.40. The van der Waals surface area contributed by atoms with E-state index in [0.29, 0.717) is 5.95 Å². The number of anilines is 2. The van der Waals surface area contributed by atoms with E-state index in [1.54, 1.807) is 7.11 Å². The first-order valence-electron chi connectivity index (χ1n) is 8.64. The fraction of sp³-hybridized carbons (Fsp3) is 0.444. The molecule has 0 bridgehead atoms. The third kappa shape index (κ3) is 3.32. The summed E-state index contributed by atoms with van der Waals surface area (Å²) < 4.78 is 11.3. The van der Waals surface area contributed by atoms with Crippen LogP contribution in [0.2, 0.25) is 0 Å². The molecule has 1 fully saturated rings. The SMILES string of the molecule is COc1cccc(OC2CN(c3nc(N)nc4c3CCNCC4)C2)c1. The normalized spacial score (nSPS) is 17.4. The zero-order valence-electron chi connectivity index (χ0n) is 14.4. The van der Waals surface area contributed by atoms with Crippen LogP contribution in [0.3, 0.4) is 0 Å². The number of fused-ring (bicyclic) bond motifs is 1. The molecule has 1 aromatic carbocycles. The number of hydrogen-bond donors (Lipinski definition) is 2. The summed E-state index contributed by atoms with van der Waals surface area (Å²) >= 11 is 0. The molecule has 0 spiro atoms. The van der Waals surface area contributed by atoms with Crippen molar-refractivity contribution in [3.8, 4) is 11.5 Å². The van der Waals surface area contributed by atoms with Crippen LogP contribution in [0.1, 0.15) is 11.3 Å². The highest BCUT2D eigenvalue weighted by Crippen LogP contribution is 2.29. The van der Waals surface area contributed by atoms with Gasteiger partial charge in [0.1, 0.15) is 23.4 Å². The third-order valence-corrected chi connectivity index (χ3v) is 4.67. The highest BCUT2D eigenvalue weighted by molar-refractivity contribution is 5.54. The lowest BCUT2D eigenvalue weighted by Gasteiger charge is -2.40. The van der Waals surface area contributed by atoms with Crippen molar-refractivity contribution in [3.63, 3.8) is 0 Å². The number of nitrogens with two attached hydrogens (primary N) is 1. The van der Waals surface area contributed by atoms with E-state index in [9.17, 15) is 0 Å². The van der Waals surface area contributed by atoms with E-state index >= 15 is 0 Å². The lowest BCUT2D eigenvalue weighted by Crippen LogP contribution is -2.54. The molecule has 3 N–H and O–H groups in total. The molecule has 7 nitrogen and oxygen atoms in total. The minimum Gasteiger partial charge on any atom is -0.497 e. The summed E-state index contributed by atoms with van der Waals surface area (Å²) in [5.41, 5.74) is 8.22. The Morgan fingerprint density at radius 2 is 1.96 bits per heavy atom. The predicted octanol–water partition coefficient (Wildman–Crippen LogP) is 1.02. The summed E-state index contributed by atoms with van der Waals surface area (Å²) in [7, 11) is 1.66. The van der Waals surface area contributed by atoms with E-state index in [-0.39, 0.29) is 6.10 Å². The van der Waals surface area contributed by atoms with Gasteiger partial charge in [0.05, 0.1) is 25.9 Å². The molecule has 7 heteroatoms. The molecular weight excluding hydrogens is 318 g/mol. The summed E-state index contributed by atoms with van der Waals surface area (Å²) in [5, 5.41) is 3.40. The number of aromatic nitrogens is 2. The quantitative estimate of drug-likeness (QED) is 0.859. The Morgan fingerprint density at radius 1 is 1.16 bits per heavy atom. The summed E-state index contributed by atoms with van der Waals surface area (Å²) in [4.78, 5) is 11.2. The van der Waals surface area contributed by atoms with Crippen LogP contribution in [-0.2, 0) is 12.8 Å². The van der Waals surface area contributed by atoms with Crippen LogP contribution in [0.4, 0.5) is 11.8 Å². The monoisotopic (exact) mass is 341 g/mol. The Hall–Kier alpha value is -2.54. The van der Waals surface area contributed by atoms with Crippen LogP contribution in [0.15, 0.2) is 24.3 Å². The summed E-state index contributed by atoms with van der Waals surface area (Å²) in [6.07, 6.45) is 1.97. The molecule has 4 rings (SSSR count). The maximum Gasteiger partial charge on any atom is 0.222 e. The third-order valence-electron chi connectivity index (χ3n) is 4.67. The van der Waals surface area contributed by atoms with E-state index in [1.807, 2.05) is 24.3 Å². The van der Waals surface area contributed by atoms with Crippen molar-refractivity contribution in [2.24, 2.45) is 0 Å². The van der Waals surface area contributed by atoms with Crippen molar-refractivity contribution >= 4 is 11.8 Å². The van der Waals surface area contributed by atoms with Gasteiger partial charge in [0, 0.05) is 24.6 Å². The molecule has 25 heavy (non-hydrogen) atoms. The lowest BCUT2D eigenvalue weighted by atomic mass is 10.1. The predicted molar refractivity (Wildman–Crippen MR) is 96.3 cm³/mol. The van der Waals surface area contributed by atoms with Crippen LogP contribution >= 0.6 is 0 Å². The molecule has 0 amide bonds. The van der Waals surface area contributed by atoms with E-state index in [1.165, 1.54) is 5.56 Å². The van der Waals surface area contributed by atoms with Crippen molar-refractivity contribution in [1.82, 2.24) is 15.3 Å². The number of ether oxygens (including phenoxy) is 2. The first-order chi connectivity index (χ1) is 12.2. The number of rotatable bonds is 4. The Kier molecular flexibility index (Phi) is 4.31. The molecule has 1 saturated heterocycles. The summed E-state index contributed by atoms with van der Waals surface area (Å²) in [6, 6.07) is 7.70. The van der Waals surface area contributed by atoms with E-state index in [0.717, 1.165) is 62.0 Å². The second-order valence-electron chi connectivity index (χ2n) is 6.40. The van der Waals surface area contributed by atoms with Gasteiger partial charge in [-0.1, -0.05) is 6.07 Å². The maximum absolute atomic E-state index is 6.03. The highest BCUT2D eigenvalue weighted by atomic mass is 16.5. The fourth-order valence-corrected chi connectivity index (χ4v) is 3.36. The number of hydrogen-bond acceptors (Lipinski definition) is 7. The highest BCUT2D eigenvalue weighted by Gasteiger charge is 2.32. The molecular formula is C18H23N5O2. The van der Waals surface area contributed by atoms with E-state index in [2.05, 4.69) is 20.2 Å². The Labute approximate surface area is 147 Å². The van der Waals surface area contributed by atoms with Gasteiger partial charge in [-0.2, -0.15) is 4.98 Å². The standard InChI is InChI=1S/C18H23N5O2/c1-24-12-3-2-4-13(9-12)25-14-10-23(11-14)17-15-5-7-20-8-6-16(15)21-18(19)22-17/h2-4,9,14,20H,5-8,10-11H2,1H3,(H2,19,21,22). The van der Waals surface area contributed by atoms with Gasteiger partial charge in [-0.15, -0.1) is 0 Å². The zero-order valence-corrected chi connectivity index (χ0v) is 14.4. The van der Waals surface area contributed by atoms with Gasteiger partial charge in [0.25, 0.3) is 0 Å². The van der Waals surface area contributed by atoms with Gasteiger partial charge in [-0.3, -0.25) is 0 Å². The second kappa shape index (κ2) is 6.76. The lowest BCUT2D eigenvalue weighted by molar-refractivity contribution is 0.166. The molecule has 132 valence electrons. The number of methoxy groups -OCH3 is 1. The molecule has 0 atom stereocenters. The van der Waals surface area contributed by atoms with E-state index in [4.69, 9.17) is 15.2 Å². The molecule has 0 saturated carbocycles. The van der Waals surface area contributed by atoms with Crippen molar-refractivity contribution in [2.45, 2.75) is 18.9 Å². The van der Waals surface area contributed by atoms with Crippen LogP contribution in [0.5, 0.6) is 11.5 Å². The first-order valence-corrected chi connectivity index (χ1v) is 8.64. The van der Waals surface area contributed by atoms with Gasteiger partial charge < -0.3 is 25.4 Å². The van der Waals surface area contributed by atoms with Crippen molar-refractivity contribution in [2.75, 3.05) is 43.9 Å². The van der Waals surface area contributed by atoms with E-state index < -0.39 is 0 Å². The Morgan fingerprint density at radius 3 is 2.80 bits per heavy atom. The van der Waals surface area contributed by atoms with Gasteiger partial charge in [-0.05, 0) is 25.1 Å². The molecule has 2 aliphatic heterocycles. The minimum absolute atomic E-state index is 0.142. The molecule has 2 aromatic rings. The van der Waals surface area contributed by atoms with Crippen molar-refractivity contribution < 1.29 is 9.47 Å². The van der Waals surface area contributed by atoms with Crippen LogP contribution in [0.25, 0.3) is 0 Å². The number of benzene rings is 1. The van der Waals surface area contributed by atoms with Crippen molar-refractivity contribution in [3.05, 3.63) is 35.5 Å². The van der Waals surface area contributed by atoms with Crippen molar-refractivity contribution in [1.29, 1.82) is 0 Å². The van der Waals surface area contributed by atoms with Crippen LogP contribution in [0, 0.1) is 0 Å². The molecule has 1 aromatic heterocycles. The van der Waals surface area contributed by atoms with Crippen LogP contribution < -0.4 is 25.4 Å². The molecule has 0 aliphatic carbocycles. The van der Waals surface area contributed by atoms with Gasteiger partial charge in [-0.25, -0.2) is 4.98 Å². The van der Waals surface area contributed by atoms with Gasteiger partial charge in [0.15, 0.2) is 0 Å². The number of nitrogen functional groups attached to an aromatic ring is 1.